The predicted octanol–water partition coefficient (Wildman–Crippen LogP) is 5.39. The molecule has 228 valence electrons. The molecule has 0 saturated carbocycles. The standard InChI is InChI=1S/C36H36N6O3/c1-40(2)33-10-5-4-9-30(33)35(44)38-27-8-6-7-24(21-27)34(43)25-11-16-29-31(36(45)39-32(29)22-25)23-37-26-12-14-28(15-13-26)42-19-17-41(3)18-20-42/h4-16,21-23,37H,17-20H2,1-3H3,(H,38,44)(H,39,45)/b31-23+. The van der Waals surface area contributed by atoms with E-state index in [4.69, 9.17) is 0 Å². The van der Waals surface area contributed by atoms with Crippen LogP contribution >= 0.6 is 0 Å². The summed E-state index contributed by atoms with van der Waals surface area (Å²) >= 11 is 0. The number of ketones is 1. The van der Waals surface area contributed by atoms with Gasteiger partial charge in [0.25, 0.3) is 11.8 Å². The number of piperazine rings is 1. The third-order valence-electron chi connectivity index (χ3n) is 8.20. The summed E-state index contributed by atoms with van der Waals surface area (Å²) in [5.74, 6) is -0.713. The maximum absolute atomic E-state index is 13.5. The van der Waals surface area contributed by atoms with E-state index in [0.717, 1.165) is 43.1 Å². The molecule has 45 heavy (non-hydrogen) atoms. The Morgan fingerprint density at radius 3 is 2.31 bits per heavy atom. The van der Waals surface area contributed by atoms with Crippen molar-refractivity contribution in [3.63, 3.8) is 0 Å². The number of nitrogens with zero attached hydrogens (tertiary/aromatic N) is 3. The molecule has 1 saturated heterocycles. The Labute approximate surface area is 263 Å². The number of rotatable bonds is 8. The quantitative estimate of drug-likeness (QED) is 0.184. The fourth-order valence-electron chi connectivity index (χ4n) is 5.63. The highest BCUT2D eigenvalue weighted by Gasteiger charge is 2.26. The smallest absolute Gasteiger partial charge is 0.257 e. The number of fused-ring (bicyclic) bond motifs is 1. The number of benzene rings is 4. The number of hydrogen-bond donors (Lipinski definition) is 3. The summed E-state index contributed by atoms with van der Waals surface area (Å²) in [6, 6.07) is 27.6. The first-order valence-corrected chi connectivity index (χ1v) is 15.0. The highest BCUT2D eigenvalue weighted by atomic mass is 16.2. The summed E-state index contributed by atoms with van der Waals surface area (Å²) < 4.78 is 0. The molecule has 0 atom stereocenters. The lowest BCUT2D eigenvalue weighted by Gasteiger charge is -2.34. The van der Waals surface area contributed by atoms with Crippen molar-refractivity contribution in [1.82, 2.24) is 4.90 Å². The summed E-state index contributed by atoms with van der Waals surface area (Å²) in [4.78, 5) is 45.9. The van der Waals surface area contributed by atoms with Crippen molar-refractivity contribution in [2.45, 2.75) is 0 Å². The molecule has 0 aliphatic carbocycles. The number of nitrogens with one attached hydrogen (secondary N) is 3. The van der Waals surface area contributed by atoms with Gasteiger partial charge in [0.1, 0.15) is 0 Å². The lowest BCUT2D eigenvalue weighted by molar-refractivity contribution is -0.110. The number of carbonyl (C=O) groups excluding carboxylic acids is 3. The van der Waals surface area contributed by atoms with Crippen LogP contribution in [0.15, 0.2) is 97.2 Å². The van der Waals surface area contributed by atoms with Gasteiger partial charge in [-0.3, -0.25) is 14.4 Å². The van der Waals surface area contributed by atoms with E-state index < -0.39 is 0 Å². The van der Waals surface area contributed by atoms with Crippen molar-refractivity contribution in [2.75, 3.05) is 73.1 Å². The Morgan fingerprint density at radius 2 is 1.56 bits per heavy atom. The largest absolute Gasteiger partial charge is 0.377 e. The zero-order chi connectivity index (χ0) is 31.5. The molecule has 3 N–H and O–H groups in total. The molecule has 0 aromatic heterocycles. The fraction of sp³-hybridized carbons (Fsp3) is 0.194. The zero-order valence-electron chi connectivity index (χ0n) is 25.6. The van der Waals surface area contributed by atoms with Crippen molar-refractivity contribution in [3.05, 3.63) is 119 Å². The number of amides is 2. The van der Waals surface area contributed by atoms with E-state index in [1.165, 1.54) is 5.69 Å². The van der Waals surface area contributed by atoms with Crippen LogP contribution in [0.1, 0.15) is 31.8 Å². The maximum Gasteiger partial charge on any atom is 0.257 e. The SMILES string of the molecule is CN1CCN(c2ccc(N/C=C3/C(=O)Nc4cc(C(=O)c5cccc(NC(=O)c6ccccc6N(C)C)c5)ccc43)cc2)CC1. The second kappa shape index (κ2) is 12.7. The van der Waals surface area contributed by atoms with Gasteiger partial charge in [0.05, 0.1) is 11.1 Å². The molecule has 9 heteroatoms. The Balaban J connectivity index is 1.14. The van der Waals surface area contributed by atoms with Gasteiger partial charge in [-0.05, 0) is 61.6 Å². The molecular weight excluding hydrogens is 564 g/mol. The van der Waals surface area contributed by atoms with Crippen molar-refractivity contribution in [2.24, 2.45) is 0 Å². The van der Waals surface area contributed by atoms with Gasteiger partial charge in [0.2, 0.25) is 0 Å². The molecule has 2 amide bonds. The normalized spacial score (nSPS) is 15.4. The minimum absolute atomic E-state index is 0.215. The molecule has 4 aromatic carbocycles. The van der Waals surface area contributed by atoms with Crippen LogP contribution in [0.3, 0.4) is 0 Å². The number of para-hydroxylation sites is 1. The molecule has 2 heterocycles. The fourth-order valence-corrected chi connectivity index (χ4v) is 5.63. The number of hydrogen-bond acceptors (Lipinski definition) is 7. The van der Waals surface area contributed by atoms with E-state index in [2.05, 4.69) is 44.9 Å². The zero-order valence-corrected chi connectivity index (χ0v) is 25.6. The lowest BCUT2D eigenvalue weighted by Crippen LogP contribution is -2.44. The highest BCUT2D eigenvalue weighted by molar-refractivity contribution is 6.32. The van der Waals surface area contributed by atoms with E-state index in [0.29, 0.717) is 33.6 Å². The maximum atomic E-state index is 13.5. The molecule has 0 radical (unpaired) electrons. The minimum Gasteiger partial charge on any atom is -0.377 e. The molecule has 0 spiro atoms. The van der Waals surface area contributed by atoms with E-state index in [9.17, 15) is 14.4 Å². The third kappa shape index (κ3) is 6.44. The minimum atomic E-state index is -0.261. The van der Waals surface area contributed by atoms with Gasteiger partial charge in [0.15, 0.2) is 5.78 Å². The van der Waals surface area contributed by atoms with Crippen LogP contribution in [0.2, 0.25) is 0 Å². The van der Waals surface area contributed by atoms with Gasteiger partial charge in [-0.15, -0.1) is 0 Å². The van der Waals surface area contributed by atoms with Crippen LogP contribution in [-0.2, 0) is 4.79 Å². The predicted molar refractivity (Wildman–Crippen MR) is 181 cm³/mol. The molecule has 2 aliphatic heterocycles. The third-order valence-corrected chi connectivity index (χ3v) is 8.20. The Bertz CT molecular complexity index is 1790. The first kappa shape index (κ1) is 29.7. The van der Waals surface area contributed by atoms with Gasteiger partial charge in [-0.25, -0.2) is 0 Å². The van der Waals surface area contributed by atoms with Crippen LogP contribution in [0.25, 0.3) is 5.57 Å². The van der Waals surface area contributed by atoms with Gasteiger partial charge in [0, 0.05) is 91.6 Å². The molecule has 1 fully saturated rings. The number of carbonyl (C=O) groups is 3. The lowest BCUT2D eigenvalue weighted by atomic mass is 9.99. The van der Waals surface area contributed by atoms with E-state index >= 15 is 0 Å². The van der Waals surface area contributed by atoms with Gasteiger partial charge >= 0.3 is 0 Å². The van der Waals surface area contributed by atoms with Gasteiger partial charge < -0.3 is 30.7 Å². The topological polar surface area (TPSA) is 97.0 Å². The van der Waals surface area contributed by atoms with Crippen LogP contribution in [0.4, 0.5) is 28.4 Å². The molecule has 2 aliphatic rings. The molecule has 0 bridgehead atoms. The number of likely N-dealkylation sites (N-methyl/N-ethyl adjacent to an activating group) is 1. The second-order valence-electron chi connectivity index (χ2n) is 11.5. The summed E-state index contributed by atoms with van der Waals surface area (Å²) in [6.07, 6.45) is 1.70. The van der Waals surface area contributed by atoms with Gasteiger partial charge in [-0.1, -0.05) is 36.4 Å². The molecule has 6 rings (SSSR count). The molecule has 9 nitrogen and oxygen atoms in total. The van der Waals surface area contributed by atoms with Crippen molar-refractivity contribution in [1.29, 1.82) is 0 Å². The Morgan fingerprint density at radius 1 is 0.822 bits per heavy atom. The van der Waals surface area contributed by atoms with Gasteiger partial charge in [-0.2, -0.15) is 0 Å². The Hall–Kier alpha value is -5.41. The van der Waals surface area contributed by atoms with E-state index in [1.54, 1.807) is 54.7 Å². The van der Waals surface area contributed by atoms with Crippen LogP contribution in [-0.4, -0.2) is 69.8 Å². The van der Waals surface area contributed by atoms with Crippen LogP contribution in [0.5, 0.6) is 0 Å². The molecule has 4 aromatic rings. The summed E-state index contributed by atoms with van der Waals surface area (Å²) in [6.45, 7) is 4.10. The van der Waals surface area contributed by atoms with E-state index in [-0.39, 0.29) is 17.6 Å². The summed E-state index contributed by atoms with van der Waals surface area (Å²) in [5.41, 5.74) is 6.57. The average Bonchev–Trinajstić information content (AvgIpc) is 3.37. The van der Waals surface area contributed by atoms with Crippen molar-refractivity contribution >= 4 is 51.6 Å². The number of anilines is 5. The molecular formula is C36H36N6O3. The van der Waals surface area contributed by atoms with Crippen LogP contribution in [0, 0.1) is 0 Å². The summed E-state index contributed by atoms with van der Waals surface area (Å²) in [7, 11) is 5.91. The first-order valence-electron chi connectivity index (χ1n) is 15.0. The van der Waals surface area contributed by atoms with Crippen molar-refractivity contribution in [3.8, 4) is 0 Å². The average molecular weight is 601 g/mol. The first-order chi connectivity index (χ1) is 21.8. The van der Waals surface area contributed by atoms with Crippen molar-refractivity contribution < 1.29 is 14.4 Å². The second-order valence-corrected chi connectivity index (χ2v) is 11.5. The highest BCUT2D eigenvalue weighted by Crippen LogP contribution is 2.33. The molecule has 0 unspecified atom stereocenters. The van der Waals surface area contributed by atoms with E-state index in [1.807, 2.05) is 49.3 Å². The van der Waals surface area contributed by atoms with Crippen LogP contribution < -0.4 is 25.8 Å². The summed E-state index contributed by atoms with van der Waals surface area (Å²) in [5, 5.41) is 9.04. The monoisotopic (exact) mass is 600 g/mol. The Kier molecular flexibility index (Phi) is 8.35.